The summed E-state index contributed by atoms with van der Waals surface area (Å²) in [5.74, 6) is -6.25. The Morgan fingerprint density at radius 1 is 0.895 bits per heavy atom. The first-order valence-electron chi connectivity index (χ1n) is 19.3. The van der Waals surface area contributed by atoms with Crippen LogP contribution in [-0.4, -0.2) is 119 Å². The second kappa shape index (κ2) is 18.1. The number of halogens is 2. The molecule has 0 saturated carbocycles. The van der Waals surface area contributed by atoms with Crippen molar-refractivity contribution in [1.29, 1.82) is 0 Å². The largest absolute Gasteiger partial charge is 0.458 e. The molecule has 2 aromatic carbocycles. The van der Waals surface area contributed by atoms with E-state index in [2.05, 4.69) is 21.3 Å². The zero-order chi connectivity index (χ0) is 41.7. The number of nitrogens with zero attached hydrogens (tertiary/aromatic N) is 3. The SMILES string of the molecule is CCc1ccc(NC(=O)N[C@@H](Cc2cc(F)cc(F)c2)C(=O)N[C@@H]2C(=O)N3CCC[C@H]3C(=O)N(C)[C@@H](C)C(=O)N[C@@H](C)C(=O)N3C[C@H](C)C[C@H]3C(=O)O[C@H]2C)cc1. The first kappa shape index (κ1) is 42.5. The van der Waals surface area contributed by atoms with Crippen molar-refractivity contribution in [1.82, 2.24) is 30.7 Å². The second-order valence-electron chi connectivity index (χ2n) is 15.2. The van der Waals surface area contributed by atoms with E-state index >= 15 is 0 Å². The molecule has 3 heterocycles. The van der Waals surface area contributed by atoms with Crippen LogP contribution in [-0.2, 0) is 46.3 Å². The Hall–Kier alpha value is -5.61. The van der Waals surface area contributed by atoms with Gasteiger partial charge >= 0.3 is 12.0 Å². The molecule has 0 spiro atoms. The number of ether oxygens (including phenoxy) is 1. The van der Waals surface area contributed by atoms with Crippen molar-refractivity contribution in [3.63, 3.8) is 0 Å². The van der Waals surface area contributed by atoms with Gasteiger partial charge in [-0.25, -0.2) is 18.4 Å². The molecule has 5 rings (SSSR count). The van der Waals surface area contributed by atoms with Gasteiger partial charge in [0.2, 0.25) is 29.5 Å². The van der Waals surface area contributed by atoms with E-state index in [9.17, 15) is 42.3 Å². The number of esters is 1. The van der Waals surface area contributed by atoms with E-state index in [4.69, 9.17) is 4.74 Å². The molecule has 0 aromatic heterocycles. The van der Waals surface area contributed by atoms with Gasteiger partial charge in [-0.05, 0) is 87.8 Å². The monoisotopic (exact) mass is 795 g/mol. The molecule has 15 nitrogen and oxygen atoms in total. The molecule has 0 radical (unpaired) electrons. The normalized spacial score (nSPS) is 26.6. The fourth-order valence-electron chi connectivity index (χ4n) is 7.51. The number of hydrogen-bond donors (Lipinski definition) is 4. The van der Waals surface area contributed by atoms with E-state index in [1.165, 1.54) is 42.5 Å². The van der Waals surface area contributed by atoms with E-state index in [0.717, 1.165) is 24.1 Å². The van der Waals surface area contributed by atoms with Gasteiger partial charge in [0.25, 0.3) is 0 Å². The van der Waals surface area contributed by atoms with Crippen LogP contribution in [0, 0.1) is 17.6 Å². The Morgan fingerprint density at radius 2 is 1.56 bits per heavy atom. The second-order valence-corrected chi connectivity index (χ2v) is 15.2. The van der Waals surface area contributed by atoms with Crippen LogP contribution < -0.4 is 21.3 Å². The topological polar surface area (TPSA) is 187 Å². The fraction of sp³-hybridized carbons (Fsp3) is 0.525. The molecule has 3 aliphatic heterocycles. The third kappa shape index (κ3) is 10.0. The molecule has 3 aliphatic rings. The molecule has 17 heteroatoms. The lowest BCUT2D eigenvalue weighted by atomic mass is 10.0. The molecule has 0 bridgehead atoms. The summed E-state index contributed by atoms with van der Waals surface area (Å²) < 4.78 is 34.4. The molecule has 57 heavy (non-hydrogen) atoms. The van der Waals surface area contributed by atoms with Crippen molar-refractivity contribution >= 4 is 47.2 Å². The average molecular weight is 796 g/mol. The van der Waals surface area contributed by atoms with Gasteiger partial charge in [-0.2, -0.15) is 0 Å². The maximum absolute atomic E-state index is 14.5. The van der Waals surface area contributed by atoms with Crippen LogP contribution in [0.25, 0.3) is 0 Å². The predicted molar refractivity (Wildman–Crippen MR) is 203 cm³/mol. The number of rotatable bonds is 7. The van der Waals surface area contributed by atoms with Crippen molar-refractivity contribution in [2.24, 2.45) is 5.92 Å². The fourth-order valence-corrected chi connectivity index (χ4v) is 7.51. The lowest BCUT2D eigenvalue weighted by Gasteiger charge is -2.36. The van der Waals surface area contributed by atoms with Gasteiger partial charge in [-0.15, -0.1) is 0 Å². The predicted octanol–water partition coefficient (Wildman–Crippen LogP) is 2.27. The summed E-state index contributed by atoms with van der Waals surface area (Å²) in [7, 11) is 1.42. The Kier molecular flexibility index (Phi) is 13.5. The molecule has 308 valence electrons. The maximum atomic E-state index is 14.5. The highest BCUT2D eigenvalue weighted by Gasteiger charge is 2.46. The standard InChI is InChI=1S/C40H51F2N7O8/c1-7-25-10-12-29(13-11-25)44-40(56)45-30(18-26-16-27(41)19-28(42)17-26)35(51)46-33-24(5)57-39(55)32-15-21(2)20-49(32)36(52)22(3)43-34(50)23(4)47(6)37(53)31-9-8-14-48(31)38(33)54/h10-13,16-17,19,21-24,30-33H,7-9,14-15,18,20H2,1-6H3,(H,43,50)(H,46,51)(H2,44,45,56)/t21-,22+,23+,24+,30+,31+,32+,33+/m1/s1. The van der Waals surface area contributed by atoms with Gasteiger partial charge in [0.05, 0.1) is 0 Å². The van der Waals surface area contributed by atoms with Gasteiger partial charge in [0.15, 0.2) is 0 Å². The minimum atomic E-state index is -1.63. The van der Waals surface area contributed by atoms with Crippen LogP contribution >= 0.6 is 0 Å². The number of anilines is 1. The molecular formula is C40H51F2N7O8. The number of aryl methyl sites for hydroxylation is 1. The number of hydrogen-bond acceptors (Lipinski definition) is 8. The average Bonchev–Trinajstić information content (AvgIpc) is 3.82. The van der Waals surface area contributed by atoms with E-state index in [1.807, 2.05) is 26.0 Å². The smallest absolute Gasteiger partial charge is 0.329 e. The van der Waals surface area contributed by atoms with Crippen LogP contribution in [0.15, 0.2) is 42.5 Å². The lowest BCUT2D eigenvalue weighted by Crippen LogP contribution is -2.62. The van der Waals surface area contributed by atoms with Gasteiger partial charge in [-0.3, -0.25) is 24.0 Å². The minimum absolute atomic E-state index is 0.0183. The number of carbonyl (C=O) groups is 7. The molecular weight excluding hydrogens is 744 g/mol. The minimum Gasteiger partial charge on any atom is -0.458 e. The van der Waals surface area contributed by atoms with Crippen LogP contribution in [0.2, 0.25) is 0 Å². The molecule has 0 aliphatic carbocycles. The van der Waals surface area contributed by atoms with Crippen LogP contribution in [0.1, 0.15) is 65.0 Å². The number of amides is 7. The van der Waals surface area contributed by atoms with Crippen LogP contribution in [0.5, 0.6) is 0 Å². The quantitative estimate of drug-likeness (QED) is 0.308. The molecule has 0 unspecified atom stereocenters. The van der Waals surface area contributed by atoms with E-state index in [-0.39, 0.29) is 37.4 Å². The zero-order valence-corrected chi connectivity index (χ0v) is 33.0. The van der Waals surface area contributed by atoms with E-state index in [0.29, 0.717) is 18.2 Å². The molecule has 3 saturated heterocycles. The Morgan fingerprint density at radius 3 is 2.21 bits per heavy atom. The first-order valence-corrected chi connectivity index (χ1v) is 19.3. The highest BCUT2D eigenvalue weighted by atomic mass is 19.1. The molecule has 2 aromatic rings. The molecule has 8 atom stereocenters. The summed E-state index contributed by atoms with van der Waals surface area (Å²) in [5, 5.41) is 10.4. The van der Waals surface area contributed by atoms with Crippen LogP contribution in [0.4, 0.5) is 19.3 Å². The highest BCUT2D eigenvalue weighted by Crippen LogP contribution is 2.27. The summed E-state index contributed by atoms with van der Waals surface area (Å²) in [4.78, 5) is 100. The summed E-state index contributed by atoms with van der Waals surface area (Å²) in [6.07, 6.45) is -0.156. The molecule has 7 amide bonds. The number of likely N-dealkylation sites (N-methyl/N-ethyl adjacent to an activating group) is 1. The zero-order valence-electron chi connectivity index (χ0n) is 33.0. The van der Waals surface area contributed by atoms with Crippen molar-refractivity contribution in [3.8, 4) is 0 Å². The summed E-state index contributed by atoms with van der Waals surface area (Å²) >= 11 is 0. The number of carbonyl (C=O) groups excluding carboxylic acids is 7. The third-order valence-electron chi connectivity index (χ3n) is 10.9. The molecule has 4 N–H and O–H groups in total. The van der Waals surface area contributed by atoms with Crippen LogP contribution in [0.3, 0.4) is 0 Å². The number of benzene rings is 2. The van der Waals surface area contributed by atoms with Gasteiger partial charge < -0.3 is 40.7 Å². The van der Waals surface area contributed by atoms with Gasteiger partial charge in [0.1, 0.15) is 54.0 Å². The number of fused-ring (bicyclic) bond motifs is 2. The van der Waals surface area contributed by atoms with Crippen molar-refractivity contribution in [2.45, 2.75) is 109 Å². The summed E-state index contributed by atoms with van der Waals surface area (Å²) in [6, 6.07) is 1.43. The Balaban J connectivity index is 1.49. The van der Waals surface area contributed by atoms with Crippen molar-refractivity contribution in [3.05, 3.63) is 65.2 Å². The molecule has 3 fully saturated rings. The third-order valence-corrected chi connectivity index (χ3v) is 10.9. The maximum Gasteiger partial charge on any atom is 0.329 e. The number of nitrogens with one attached hydrogen (secondary N) is 4. The number of cyclic esters (lactones) is 1. The lowest BCUT2D eigenvalue weighted by molar-refractivity contribution is -0.162. The summed E-state index contributed by atoms with van der Waals surface area (Å²) in [6.45, 7) is 8.47. The Bertz CT molecular complexity index is 1860. The van der Waals surface area contributed by atoms with Gasteiger partial charge in [0, 0.05) is 38.3 Å². The highest BCUT2D eigenvalue weighted by molar-refractivity contribution is 5.98. The van der Waals surface area contributed by atoms with Gasteiger partial charge in [-0.1, -0.05) is 26.0 Å². The number of urea groups is 1. The first-order chi connectivity index (χ1) is 27.0. The summed E-state index contributed by atoms with van der Waals surface area (Å²) in [5.41, 5.74) is 1.44. The van der Waals surface area contributed by atoms with Crippen molar-refractivity contribution in [2.75, 3.05) is 25.5 Å². The van der Waals surface area contributed by atoms with Crippen molar-refractivity contribution < 1.29 is 47.1 Å². The van der Waals surface area contributed by atoms with E-state index < -0.39 is 102 Å². The van der Waals surface area contributed by atoms with E-state index in [1.54, 1.807) is 12.1 Å². The Labute approximate surface area is 330 Å².